The Morgan fingerprint density at radius 2 is 1.18 bits per heavy atom. The summed E-state index contributed by atoms with van der Waals surface area (Å²) in [6.07, 6.45) is 9.44. The van der Waals surface area contributed by atoms with Crippen LogP contribution in [0.2, 0.25) is 0 Å². The van der Waals surface area contributed by atoms with E-state index in [2.05, 4.69) is 169 Å². The zero-order valence-corrected chi connectivity index (χ0v) is 28.5. The van der Waals surface area contributed by atoms with Crippen LogP contribution in [0.25, 0.3) is 27.5 Å². The zero-order valence-electron chi connectivity index (χ0n) is 28.5. The molecule has 3 nitrogen and oxygen atoms in total. The molecule has 0 spiro atoms. The second kappa shape index (κ2) is 15.1. The van der Waals surface area contributed by atoms with Crippen molar-refractivity contribution in [2.75, 3.05) is 0 Å². The Balaban J connectivity index is 1.19. The van der Waals surface area contributed by atoms with Crippen LogP contribution in [0.1, 0.15) is 46.0 Å². The highest BCUT2D eigenvalue weighted by atomic mass is 15.2. The second-order valence-electron chi connectivity index (χ2n) is 12.9. The summed E-state index contributed by atoms with van der Waals surface area (Å²) < 4.78 is 0. The maximum atomic E-state index is 5.23. The first kappa shape index (κ1) is 31.9. The van der Waals surface area contributed by atoms with Crippen molar-refractivity contribution in [3.63, 3.8) is 0 Å². The van der Waals surface area contributed by atoms with Crippen LogP contribution in [-0.2, 0) is 12.8 Å². The number of benzene rings is 5. The minimum absolute atomic E-state index is 0.272. The van der Waals surface area contributed by atoms with Crippen LogP contribution >= 0.6 is 0 Å². The molecule has 6 aromatic rings. The standard InChI is InChI=1S/C48H39N3/c1-5-16-35(17-6-1)42-31-29-38-19-8-2-7-18-36(28-30-43(38)34-42)37-20-13-14-21-39-26-15-27-45(44(39)33-32-37)48-50-46(40-22-9-3-10-23-40)49-47(51-48)41-24-11-4-12-25-41/h1-13,15-20,22-32,34,48H,14,21,33H2,(H,49,50,51)/b7-2?,8-2?,18-7?,19-8?,20-13-,30-28?,36-18?,36-28?,37-32+,38-19?,43-30?. The SMILES string of the molecule is C1=C\C(c2cccccc3ccc(-c4ccccc4)cc3cc2)=C/Cc2c(cccc2C2N=C(c3ccccc3)N=C(c3ccccc3)N2)CC/1. The van der Waals surface area contributed by atoms with E-state index in [0.717, 1.165) is 42.1 Å². The largest absolute Gasteiger partial charge is 0.344 e. The summed E-state index contributed by atoms with van der Waals surface area (Å²) in [5.41, 5.74) is 10.7. The lowest BCUT2D eigenvalue weighted by atomic mass is 9.93. The summed E-state index contributed by atoms with van der Waals surface area (Å²) in [5.74, 6) is 1.58. The first-order valence-corrected chi connectivity index (χ1v) is 17.7. The van der Waals surface area contributed by atoms with Gasteiger partial charge in [-0.25, -0.2) is 9.98 Å². The van der Waals surface area contributed by atoms with Crippen molar-refractivity contribution in [2.24, 2.45) is 9.98 Å². The number of amidine groups is 2. The predicted molar refractivity (Wildman–Crippen MR) is 214 cm³/mol. The average Bonchev–Trinajstić information content (AvgIpc) is 3.31. The maximum absolute atomic E-state index is 5.23. The van der Waals surface area contributed by atoms with Crippen molar-refractivity contribution in [3.8, 4) is 11.1 Å². The molecule has 1 N–H and O–H groups in total. The highest BCUT2D eigenvalue weighted by Crippen LogP contribution is 2.31. The molecule has 1 unspecified atom stereocenters. The normalized spacial score (nSPS) is 17.1. The van der Waals surface area contributed by atoms with Gasteiger partial charge in [-0.1, -0.05) is 182 Å². The van der Waals surface area contributed by atoms with E-state index in [4.69, 9.17) is 9.98 Å². The molecule has 0 saturated carbocycles. The number of aliphatic imine (C=N–C) groups is 2. The molecule has 0 fully saturated rings. The number of hydrogen-bond acceptors (Lipinski definition) is 3. The van der Waals surface area contributed by atoms with Crippen molar-refractivity contribution in [1.82, 2.24) is 5.32 Å². The zero-order chi connectivity index (χ0) is 34.2. The lowest BCUT2D eigenvalue weighted by Crippen LogP contribution is -2.34. The fourth-order valence-corrected chi connectivity index (χ4v) is 6.90. The molecule has 0 bridgehead atoms. The summed E-state index contributed by atoms with van der Waals surface area (Å²) >= 11 is 0. The van der Waals surface area contributed by atoms with Crippen LogP contribution in [-0.4, -0.2) is 11.7 Å². The monoisotopic (exact) mass is 657 g/mol. The average molecular weight is 658 g/mol. The van der Waals surface area contributed by atoms with Crippen LogP contribution in [0.3, 0.4) is 0 Å². The molecule has 3 heteroatoms. The van der Waals surface area contributed by atoms with Gasteiger partial charge in [0, 0.05) is 16.7 Å². The third-order valence-corrected chi connectivity index (χ3v) is 9.57. The smallest absolute Gasteiger partial charge is 0.159 e. The fraction of sp³-hybridized carbons (Fsp3) is 0.0833. The summed E-state index contributed by atoms with van der Waals surface area (Å²) in [7, 11) is 0. The van der Waals surface area contributed by atoms with E-state index in [9.17, 15) is 0 Å². The molecule has 0 amide bonds. The first-order valence-electron chi connectivity index (χ1n) is 17.7. The van der Waals surface area contributed by atoms with Crippen LogP contribution in [0.15, 0.2) is 198 Å². The number of allylic oxidation sites excluding steroid dienone is 4. The third-order valence-electron chi connectivity index (χ3n) is 9.57. The van der Waals surface area contributed by atoms with Gasteiger partial charge in [0.05, 0.1) is 0 Å². The molecule has 1 heterocycles. The molecule has 2 aliphatic rings. The second-order valence-corrected chi connectivity index (χ2v) is 12.9. The van der Waals surface area contributed by atoms with Crippen molar-refractivity contribution < 1.29 is 0 Å². The van der Waals surface area contributed by atoms with Crippen LogP contribution in [0.5, 0.6) is 0 Å². The number of fused-ring (bicyclic) bond motifs is 2. The van der Waals surface area contributed by atoms with E-state index in [-0.39, 0.29) is 6.17 Å². The minimum atomic E-state index is -0.272. The molecular weight excluding hydrogens is 619 g/mol. The molecule has 0 aromatic heterocycles. The third kappa shape index (κ3) is 7.34. The van der Waals surface area contributed by atoms with Gasteiger partial charge in [0.15, 0.2) is 5.84 Å². The quantitative estimate of drug-likeness (QED) is 0.197. The van der Waals surface area contributed by atoms with E-state index < -0.39 is 0 Å². The Labute approximate surface area is 300 Å². The van der Waals surface area contributed by atoms with E-state index in [0.29, 0.717) is 0 Å². The number of nitrogens with zero attached hydrogens (tertiary/aromatic N) is 2. The van der Waals surface area contributed by atoms with Gasteiger partial charge in [0.25, 0.3) is 0 Å². The lowest BCUT2D eigenvalue weighted by molar-refractivity contribution is 0.665. The molecular formula is C48H39N3. The molecule has 8 rings (SSSR count). The van der Waals surface area contributed by atoms with Crippen LogP contribution < -0.4 is 5.32 Å². The number of aryl methyl sites for hydroxylation is 1. The van der Waals surface area contributed by atoms with Gasteiger partial charge in [0.1, 0.15) is 12.0 Å². The van der Waals surface area contributed by atoms with E-state index in [1.165, 1.54) is 49.7 Å². The lowest BCUT2D eigenvalue weighted by Gasteiger charge is -2.26. The molecule has 246 valence electrons. The molecule has 1 aliphatic carbocycles. The fourth-order valence-electron chi connectivity index (χ4n) is 6.90. The Morgan fingerprint density at radius 3 is 1.94 bits per heavy atom. The highest BCUT2D eigenvalue weighted by Gasteiger charge is 2.24. The number of hydrogen-bond donors (Lipinski definition) is 1. The van der Waals surface area contributed by atoms with Gasteiger partial charge in [-0.2, -0.15) is 0 Å². The van der Waals surface area contributed by atoms with Gasteiger partial charge in [0.2, 0.25) is 0 Å². The summed E-state index contributed by atoms with van der Waals surface area (Å²) in [6.45, 7) is 0. The van der Waals surface area contributed by atoms with Gasteiger partial charge >= 0.3 is 0 Å². The van der Waals surface area contributed by atoms with Gasteiger partial charge < -0.3 is 5.32 Å². The van der Waals surface area contributed by atoms with Gasteiger partial charge in [-0.3, -0.25) is 0 Å². The van der Waals surface area contributed by atoms with Crippen molar-refractivity contribution in [3.05, 3.63) is 221 Å². The van der Waals surface area contributed by atoms with Crippen molar-refractivity contribution >= 4 is 28.0 Å². The molecule has 0 saturated heterocycles. The maximum Gasteiger partial charge on any atom is 0.159 e. The Morgan fingerprint density at radius 1 is 0.529 bits per heavy atom. The predicted octanol–water partition coefficient (Wildman–Crippen LogP) is 11.3. The topological polar surface area (TPSA) is 36.8 Å². The molecule has 51 heavy (non-hydrogen) atoms. The van der Waals surface area contributed by atoms with E-state index in [1.54, 1.807) is 0 Å². The summed E-state index contributed by atoms with van der Waals surface area (Å²) in [6, 6.07) is 59.9. The molecule has 1 atom stereocenters. The number of nitrogens with one attached hydrogen (secondary N) is 1. The van der Waals surface area contributed by atoms with Crippen LogP contribution in [0.4, 0.5) is 0 Å². The summed E-state index contributed by atoms with van der Waals surface area (Å²) in [4.78, 5) is 10.2. The van der Waals surface area contributed by atoms with E-state index >= 15 is 0 Å². The van der Waals surface area contributed by atoms with Gasteiger partial charge in [-0.05, 0) is 69.5 Å². The first-order chi connectivity index (χ1) is 25.3. The Bertz CT molecular complexity index is 2350. The Hall–Kier alpha value is -6.32. The molecule has 0 radical (unpaired) electrons. The van der Waals surface area contributed by atoms with Gasteiger partial charge in [-0.15, -0.1) is 0 Å². The molecule has 1 aliphatic heterocycles. The van der Waals surface area contributed by atoms with Crippen molar-refractivity contribution in [2.45, 2.75) is 25.4 Å². The highest BCUT2D eigenvalue weighted by molar-refractivity contribution is 6.13. The van der Waals surface area contributed by atoms with Crippen LogP contribution in [0, 0.1) is 0 Å². The number of rotatable bonds is 5. The Kier molecular flexibility index (Phi) is 9.43. The molecule has 6 aromatic carbocycles. The van der Waals surface area contributed by atoms with E-state index in [1.807, 2.05) is 24.3 Å². The summed E-state index contributed by atoms with van der Waals surface area (Å²) in [5, 5.41) is 6.10. The minimum Gasteiger partial charge on any atom is -0.344 e. The van der Waals surface area contributed by atoms with Crippen molar-refractivity contribution in [1.29, 1.82) is 0 Å².